The van der Waals surface area contributed by atoms with Crippen molar-refractivity contribution in [3.63, 3.8) is 0 Å². The second kappa shape index (κ2) is 11.0. The zero-order chi connectivity index (χ0) is 24.1. The van der Waals surface area contributed by atoms with Crippen molar-refractivity contribution in [1.29, 1.82) is 0 Å². The highest BCUT2D eigenvalue weighted by Gasteiger charge is 2.25. The van der Waals surface area contributed by atoms with Gasteiger partial charge in [-0.2, -0.15) is 0 Å². The van der Waals surface area contributed by atoms with Crippen molar-refractivity contribution in [2.24, 2.45) is 0 Å². The number of hydrogen-bond donors (Lipinski definition) is 0. The Labute approximate surface area is 210 Å². The third kappa shape index (κ3) is 4.94. The summed E-state index contributed by atoms with van der Waals surface area (Å²) in [6.07, 6.45) is 1.60. The Morgan fingerprint density at radius 3 is 2.50 bits per heavy atom. The molecule has 0 unspecified atom stereocenters. The van der Waals surface area contributed by atoms with E-state index in [-0.39, 0.29) is 5.97 Å². The molecule has 3 aromatic carbocycles. The molecule has 176 valence electrons. The minimum absolute atomic E-state index is 0.307. The SMILES string of the molecule is CCOC(=O)c1c(-c2ccccc2C)c2ccccc2n1CCCCOc1cccc(Cl)c1Cl. The minimum atomic E-state index is -0.307. The molecule has 6 heteroatoms. The lowest BCUT2D eigenvalue weighted by atomic mass is 9.97. The van der Waals surface area contributed by atoms with Crippen LogP contribution >= 0.6 is 23.2 Å². The molecule has 0 bridgehead atoms. The van der Waals surface area contributed by atoms with Crippen LogP contribution in [-0.4, -0.2) is 23.8 Å². The predicted molar refractivity (Wildman–Crippen MR) is 139 cm³/mol. The number of carbonyl (C=O) groups is 1. The Morgan fingerprint density at radius 1 is 0.941 bits per heavy atom. The average Bonchev–Trinajstić information content (AvgIpc) is 3.16. The fraction of sp³-hybridized carbons (Fsp3) is 0.250. The normalized spacial score (nSPS) is 11.1. The van der Waals surface area contributed by atoms with Gasteiger partial charge in [0.15, 0.2) is 0 Å². The Balaban J connectivity index is 1.63. The van der Waals surface area contributed by atoms with E-state index in [4.69, 9.17) is 32.7 Å². The molecule has 1 heterocycles. The van der Waals surface area contributed by atoms with Crippen LogP contribution in [-0.2, 0) is 11.3 Å². The van der Waals surface area contributed by atoms with E-state index in [9.17, 15) is 4.79 Å². The number of unbranched alkanes of at least 4 members (excludes halogenated alkanes) is 1. The number of fused-ring (bicyclic) bond motifs is 1. The summed E-state index contributed by atoms with van der Waals surface area (Å²) in [7, 11) is 0. The molecule has 0 amide bonds. The molecule has 0 fully saturated rings. The van der Waals surface area contributed by atoms with Gasteiger partial charge >= 0.3 is 5.97 Å². The molecule has 0 aliphatic rings. The van der Waals surface area contributed by atoms with E-state index in [2.05, 4.69) is 35.8 Å². The molecule has 1 aromatic heterocycles. The van der Waals surface area contributed by atoms with Crippen molar-refractivity contribution in [2.45, 2.75) is 33.2 Å². The number of nitrogens with zero attached hydrogens (tertiary/aromatic N) is 1. The van der Waals surface area contributed by atoms with Gasteiger partial charge in [-0.3, -0.25) is 0 Å². The number of benzene rings is 3. The fourth-order valence-corrected chi connectivity index (χ4v) is 4.57. The number of para-hydroxylation sites is 1. The van der Waals surface area contributed by atoms with E-state index in [1.807, 2.05) is 37.3 Å². The van der Waals surface area contributed by atoms with Crippen molar-refractivity contribution in [2.75, 3.05) is 13.2 Å². The lowest BCUT2D eigenvalue weighted by molar-refractivity contribution is 0.0515. The summed E-state index contributed by atoms with van der Waals surface area (Å²) in [5, 5.41) is 1.94. The third-order valence-electron chi connectivity index (χ3n) is 5.80. The van der Waals surface area contributed by atoms with E-state index in [0.29, 0.717) is 41.2 Å². The van der Waals surface area contributed by atoms with Gasteiger partial charge in [0.25, 0.3) is 0 Å². The molecule has 0 radical (unpaired) electrons. The van der Waals surface area contributed by atoms with E-state index >= 15 is 0 Å². The summed E-state index contributed by atoms with van der Waals surface area (Å²) in [6.45, 7) is 5.37. The van der Waals surface area contributed by atoms with E-state index in [0.717, 1.165) is 40.4 Å². The van der Waals surface area contributed by atoms with Gasteiger partial charge in [-0.05, 0) is 56.0 Å². The first-order chi connectivity index (χ1) is 16.5. The molecule has 0 atom stereocenters. The number of aromatic nitrogens is 1. The van der Waals surface area contributed by atoms with Gasteiger partial charge in [-0.1, -0.05) is 71.7 Å². The van der Waals surface area contributed by atoms with Crippen molar-refractivity contribution in [1.82, 2.24) is 4.57 Å². The molecular weight excluding hydrogens is 469 g/mol. The fourth-order valence-electron chi connectivity index (χ4n) is 4.22. The monoisotopic (exact) mass is 495 g/mol. The molecule has 0 saturated carbocycles. The zero-order valence-corrected chi connectivity index (χ0v) is 20.8. The first-order valence-corrected chi connectivity index (χ1v) is 12.2. The average molecular weight is 496 g/mol. The van der Waals surface area contributed by atoms with E-state index < -0.39 is 0 Å². The van der Waals surface area contributed by atoms with Gasteiger partial charge in [0.2, 0.25) is 0 Å². The Bertz CT molecular complexity index is 1310. The van der Waals surface area contributed by atoms with Crippen LogP contribution in [0.25, 0.3) is 22.0 Å². The summed E-state index contributed by atoms with van der Waals surface area (Å²) in [5.41, 5.74) is 4.69. The van der Waals surface area contributed by atoms with Gasteiger partial charge in [0, 0.05) is 23.0 Å². The van der Waals surface area contributed by atoms with Crippen molar-refractivity contribution < 1.29 is 14.3 Å². The van der Waals surface area contributed by atoms with E-state index in [1.54, 1.807) is 12.1 Å². The molecule has 0 spiro atoms. The second-order valence-corrected chi connectivity index (χ2v) is 8.82. The molecule has 0 saturated heterocycles. The highest BCUT2D eigenvalue weighted by atomic mass is 35.5. The summed E-state index contributed by atoms with van der Waals surface area (Å²) >= 11 is 12.3. The van der Waals surface area contributed by atoms with Crippen LogP contribution < -0.4 is 4.74 Å². The highest BCUT2D eigenvalue weighted by Crippen LogP contribution is 2.37. The Hall–Kier alpha value is -2.95. The van der Waals surface area contributed by atoms with Gasteiger partial charge in [-0.15, -0.1) is 0 Å². The number of ether oxygens (including phenoxy) is 2. The number of carbonyl (C=O) groups excluding carboxylic acids is 1. The largest absolute Gasteiger partial charge is 0.492 e. The zero-order valence-electron chi connectivity index (χ0n) is 19.3. The topological polar surface area (TPSA) is 40.5 Å². The lowest BCUT2D eigenvalue weighted by Gasteiger charge is -2.13. The van der Waals surface area contributed by atoms with Crippen LogP contribution in [0.4, 0.5) is 0 Å². The maximum atomic E-state index is 13.2. The van der Waals surface area contributed by atoms with Crippen molar-refractivity contribution in [3.05, 3.63) is 88.0 Å². The minimum Gasteiger partial charge on any atom is -0.492 e. The number of rotatable bonds is 9. The Kier molecular flexibility index (Phi) is 7.81. The van der Waals surface area contributed by atoms with Gasteiger partial charge < -0.3 is 14.0 Å². The number of halogens is 2. The van der Waals surface area contributed by atoms with Crippen LogP contribution in [0.1, 0.15) is 35.8 Å². The number of aryl methyl sites for hydroxylation is 2. The molecule has 0 aliphatic carbocycles. The molecule has 4 rings (SSSR count). The molecule has 0 aliphatic heterocycles. The van der Waals surface area contributed by atoms with Crippen LogP contribution in [0.5, 0.6) is 5.75 Å². The lowest BCUT2D eigenvalue weighted by Crippen LogP contribution is -2.14. The van der Waals surface area contributed by atoms with Crippen molar-refractivity contribution >= 4 is 40.1 Å². The third-order valence-corrected chi connectivity index (χ3v) is 6.61. The smallest absolute Gasteiger partial charge is 0.355 e. The van der Waals surface area contributed by atoms with Gasteiger partial charge in [0.1, 0.15) is 16.5 Å². The maximum Gasteiger partial charge on any atom is 0.355 e. The molecule has 34 heavy (non-hydrogen) atoms. The second-order valence-electron chi connectivity index (χ2n) is 8.04. The van der Waals surface area contributed by atoms with E-state index in [1.165, 1.54) is 0 Å². The first-order valence-electron chi connectivity index (χ1n) is 11.4. The Morgan fingerprint density at radius 2 is 1.71 bits per heavy atom. The molecule has 4 nitrogen and oxygen atoms in total. The van der Waals surface area contributed by atoms with Crippen LogP contribution in [0.15, 0.2) is 66.7 Å². The summed E-state index contributed by atoms with van der Waals surface area (Å²) in [4.78, 5) is 13.2. The van der Waals surface area contributed by atoms with Crippen molar-refractivity contribution in [3.8, 4) is 16.9 Å². The molecule has 4 aromatic rings. The van der Waals surface area contributed by atoms with Gasteiger partial charge in [-0.25, -0.2) is 4.79 Å². The van der Waals surface area contributed by atoms with Crippen LogP contribution in [0.3, 0.4) is 0 Å². The first kappa shape index (κ1) is 24.2. The standard InChI is InChI=1S/C28H27Cl2NO3/c1-3-33-28(32)27-25(20-12-5-4-11-19(20)2)21-13-6-7-15-23(21)31(27)17-8-9-18-34-24-16-10-14-22(29)26(24)30/h4-7,10-16H,3,8-9,17-18H2,1-2H3. The maximum absolute atomic E-state index is 13.2. The molecule has 0 N–H and O–H groups in total. The quantitative estimate of drug-likeness (QED) is 0.174. The number of esters is 1. The predicted octanol–water partition coefficient (Wildman–Crippen LogP) is 7.96. The highest BCUT2D eigenvalue weighted by molar-refractivity contribution is 6.42. The number of hydrogen-bond acceptors (Lipinski definition) is 3. The van der Waals surface area contributed by atoms with Gasteiger partial charge in [0.05, 0.1) is 18.2 Å². The summed E-state index contributed by atoms with van der Waals surface area (Å²) in [6, 6.07) is 21.6. The summed E-state index contributed by atoms with van der Waals surface area (Å²) < 4.78 is 13.4. The van der Waals surface area contributed by atoms with Crippen LogP contribution in [0.2, 0.25) is 10.0 Å². The summed E-state index contributed by atoms with van der Waals surface area (Å²) in [5.74, 6) is 0.272. The molecular formula is C28H27Cl2NO3. The van der Waals surface area contributed by atoms with Crippen LogP contribution in [0, 0.1) is 6.92 Å².